The fourth-order valence-electron chi connectivity index (χ4n) is 5.91. The zero-order valence-corrected chi connectivity index (χ0v) is 22.1. The molecule has 7 rings (SSSR count). The summed E-state index contributed by atoms with van der Waals surface area (Å²) in [4.78, 5) is 50.8. The summed E-state index contributed by atoms with van der Waals surface area (Å²) in [6.07, 6.45) is 8.47. The van der Waals surface area contributed by atoms with Gasteiger partial charge in [0.25, 0.3) is 11.8 Å². The smallest absolute Gasteiger partial charge is 0.262 e. The van der Waals surface area contributed by atoms with E-state index in [-0.39, 0.29) is 29.9 Å². The average molecular weight is 543 g/mol. The molecule has 1 unspecified atom stereocenters. The summed E-state index contributed by atoms with van der Waals surface area (Å²) in [7, 11) is 1.91. The Labute approximate surface area is 230 Å². The molecule has 4 heterocycles. The van der Waals surface area contributed by atoms with Gasteiger partial charge in [0.15, 0.2) is 0 Å². The van der Waals surface area contributed by atoms with Gasteiger partial charge in [0.2, 0.25) is 11.8 Å². The minimum absolute atomic E-state index is 0.0988. The van der Waals surface area contributed by atoms with Gasteiger partial charge in [0.05, 0.1) is 34.7 Å². The number of nitrogens with one attached hydrogen (secondary N) is 3. The lowest BCUT2D eigenvalue weighted by Gasteiger charge is -2.35. The topological polar surface area (TPSA) is 143 Å². The molecular formula is C28H30N8O4. The first-order chi connectivity index (χ1) is 19.4. The lowest BCUT2D eigenvalue weighted by molar-refractivity contribution is -0.136. The summed E-state index contributed by atoms with van der Waals surface area (Å²) >= 11 is 0. The van der Waals surface area contributed by atoms with Crippen LogP contribution < -0.4 is 16.0 Å². The molecule has 3 N–H and O–H groups in total. The number of fused-ring (bicyclic) bond motifs is 1. The molecule has 1 atom stereocenters. The molecule has 4 amide bonds. The highest BCUT2D eigenvalue weighted by Gasteiger charge is 2.44. The van der Waals surface area contributed by atoms with Gasteiger partial charge in [0, 0.05) is 43.9 Å². The fraction of sp³-hybridized carbons (Fsp3) is 0.429. The molecule has 3 fully saturated rings. The Morgan fingerprint density at radius 3 is 2.55 bits per heavy atom. The molecule has 0 bridgehead atoms. The van der Waals surface area contributed by atoms with Crippen molar-refractivity contribution in [1.29, 1.82) is 0 Å². The summed E-state index contributed by atoms with van der Waals surface area (Å²) in [5.74, 6) is -0.0722. The third-order valence-corrected chi connectivity index (χ3v) is 8.43. The standard InChI is InChI=1S/C28H30N8O4/c1-34-23(8-9-30-34)31-21-14-35(33-25(21)16-2-3-16)18-10-15(11-18)13-29-17-4-5-19-20(12-17)28(40)36(27(19)39)22-6-7-24(37)32-26(22)38/h4-5,8-9,12,14-16,18,22,29,31H,2-3,6-7,10-11,13H2,1H3,(H,32,37,38)/t15-,18-,22?. The normalized spacial score (nSPS) is 24.1. The van der Waals surface area contributed by atoms with E-state index in [0.717, 1.165) is 47.2 Å². The number of benzene rings is 1. The lowest BCUT2D eigenvalue weighted by Crippen LogP contribution is -2.54. The van der Waals surface area contributed by atoms with Gasteiger partial charge in [-0.2, -0.15) is 10.2 Å². The van der Waals surface area contributed by atoms with Gasteiger partial charge in [0.1, 0.15) is 11.9 Å². The molecule has 1 aromatic carbocycles. The number of nitrogens with zero attached hydrogens (tertiary/aromatic N) is 5. The van der Waals surface area contributed by atoms with Crippen LogP contribution in [0.25, 0.3) is 0 Å². The molecule has 2 saturated carbocycles. The van der Waals surface area contributed by atoms with Gasteiger partial charge in [-0.15, -0.1) is 0 Å². The van der Waals surface area contributed by atoms with Crippen LogP contribution >= 0.6 is 0 Å². The fourth-order valence-corrected chi connectivity index (χ4v) is 5.91. The number of carbonyl (C=O) groups excluding carboxylic acids is 4. The third kappa shape index (κ3) is 4.23. The number of aromatic nitrogens is 4. The number of amides is 4. The monoisotopic (exact) mass is 542 g/mol. The molecule has 2 aliphatic heterocycles. The molecule has 206 valence electrons. The van der Waals surface area contributed by atoms with Crippen molar-refractivity contribution in [3.05, 3.63) is 53.5 Å². The Morgan fingerprint density at radius 1 is 1.02 bits per heavy atom. The predicted molar refractivity (Wildman–Crippen MR) is 144 cm³/mol. The Morgan fingerprint density at radius 2 is 1.82 bits per heavy atom. The Kier molecular flexibility index (Phi) is 5.72. The van der Waals surface area contributed by atoms with Crippen molar-refractivity contribution in [3.8, 4) is 0 Å². The van der Waals surface area contributed by atoms with Gasteiger partial charge in [-0.05, 0) is 56.2 Å². The summed E-state index contributed by atoms with van der Waals surface area (Å²) < 4.78 is 3.92. The molecule has 0 radical (unpaired) electrons. The summed E-state index contributed by atoms with van der Waals surface area (Å²) in [6, 6.07) is 6.44. The molecule has 3 aromatic rings. The van der Waals surface area contributed by atoms with E-state index < -0.39 is 23.8 Å². The third-order valence-electron chi connectivity index (χ3n) is 8.43. The van der Waals surface area contributed by atoms with Crippen LogP contribution in [0.4, 0.5) is 17.2 Å². The maximum absolute atomic E-state index is 13.1. The van der Waals surface area contributed by atoms with Gasteiger partial charge in [-0.3, -0.25) is 38.8 Å². The molecular weight excluding hydrogens is 512 g/mol. The van der Waals surface area contributed by atoms with Crippen molar-refractivity contribution in [2.45, 2.75) is 56.5 Å². The average Bonchev–Trinajstić information content (AvgIpc) is 3.48. The van der Waals surface area contributed by atoms with Crippen LogP contribution in [0.2, 0.25) is 0 Å². The zero-order chi connectivity index (χ0) is 27.5. The molecule has 2 aromatic heterocycles. The largest absolute Gasteiger partial charge is 0.385 e. The number of hydrogen-bond acceptors (Lipinski definition) is 8. The van der Waals surface area contributed by atoms with Crippen LogP contribution in [0.1, 0.15) is 76.9 Å². The first kappa shape index (κ1) is 24.6. The van der Waals surface area contributed by atoms with Crippen molar-refractivity contribution < 1.29 is 19.2 Å². The van der Waals surface area contributed by atoms with Crippen LogP contribution in [0.15, 0.2) is 36.7 Å². The zero-order valence-electron chi connectivity index (χ0n) is 22.1. The quantitative estimate of drug-likeness (QED) is 0.369. The van der Waals surface area contributed by atoms with E-state index in [1.807, 2.05) is 17.8 Å². The highest BCUT2D eigenvalue weighted by Crippen LogP contribution is 2.45. The van der Waals surface area contributed by atoms with E-state index >= 15 is 0 Å². The van der Waals surface area contributed by atoms with E-state index in [2.05, 4.69) is 31.9 Å². The van der Waals surface area contributed by atoms with Crippen molar-refractivity contribution in [2.24, 2.45) is 13.0 Å². The van der Waals surface area contributed by atoms with Gasteiger partial charge in [-0.1, -0.05) is 0 Å². The number of hydrogen-bond donors (Lipinski definition) is 3. The maximum atomic E-state index is 13.1. The molecule has 12 nitrogen and oxygen atoms in total. The summed E-state index contributed by atoms with van der Waals surface area (Å²) in [5.41, 5.74) is 3.50. The van der Waals surface area contributed by atoms with E-state index in [1.165, 1.54) is 12.8 Å². The number of aryl methyl sites for hydroxylation is 1. The molecule has 0 spiro atoms. The minimum Gasteiger partial charge on any atom is -0.385 e. The summed E-state index contributed by atoms with van der Waals surface area (Å²) in [5, 5.41) is 18.3. The van der Waals surface area contributed by atoms with Crippen LogP contribution in [0, 0.1) is 5.92 Å². The molecule has 12 heteroatoms. The number of rotatable bonds is 8. The summed E-state index contributed by atoms with van der Waals surface area (Å²) in [6.45, 7) is 0.741. The first-order valence-corrected chi connectivity index (χ1v) is 13.8. The van der Waals surface area contributed by atoms with Crippen LogP contribution in [0.5, 0.6) is 0 Å². The SMILES string of the molecule is Cn1nccc1Nc1cn([C@H]2C[C@H](CNc3ccc4c(c3)C(=O)N(C3CCC(=O)NC3=O)C4=O)C2)nc1C1CC1. The van der Waals surface area contributed by atoms with Gasteiger partial charge in [-0.25, -0.2) is 0 Å². The second-order valence-electron chi connectivity index (χ2n) is 11.2. The molecule has 2 aliphatic carbocycles. The van der Waals surface area contributed by atoms with Crippen molar-refractivity contribution in [2.75, 3.05) is 17.2 Å². The van der Waals surface area contributed by atoms with Crippen molar-refractivity contribution in [1.82, 2.24) is 29.8 Å². The van der Waals surface area contributed by atoms with Crippen molar-refractivity contribution in [3.63, 3.8) is 0 Å². The van der Waals surface area contributed by atoms with E-state index in [9.17, 15) is 19.2 Å². The van der Waals surface area contributed by atoms with Crippen LogP contribution in [-0.4, -0.2) is 60.7 Å². The van der Waals surface area contributed by atoms with E-state index in [0.29, 0.717) is 17.9 Å². The number of carbonyl (C=O) groups is 4. The Balaban J connectivity index is 0.972. The van der Waals surface area contributed by atoms with Gasteiger partial charge >= 0.3 is 0 Å². The second kappa shape index (κ2) is 9.32. The van der Waals surface area contributed by atoms with Crippen LogP contribution in [-0.2, 0) is 16.6 Å². The highest BCUT2D eigenvalue weighted by molar-refractivity contribution is 6.23. The van der Waals surface area contributed by atoms with Crippen LogP contribution in [0.3, 0.4) is 0 Å². The number of imide groups is 2. The minimum atomic E-state index is -0.962. The Bertz CT molecular complexity index is 1550. The Hall–Kier alpha value is -4.48. The lowest BCUT2D eigenvalue weighted by atomic mass is 9.80. The second-order valence-corrected chi connectivity index (χ2v) is 11.2. The number of piperidine rings is 1. The molecule has 1 saturated heterocycles. The maximum Gasteiger partial charge on any atom is 0.262 e. The van der Waals surface area contributed by atoms with Crippen molar-refractivity contribution >= 4 is 40.8 Å². The number of anilines is 3. The van der Waals surface area contributed by atoms with Gasteiger partial charge < -0.3 is 10.6 Å². The van der Waals surface area contributed by atoms with E-state index in [1.54, 1.807) is 24.4 Å². The van der Waals surface area contributed by atoms with E-state index in [4.69, 9.17) is 5.10 Å². The highest BCUT2D eigenvalue weighted by atomic mass is 16.2. The molecule has 4 aliphatic rings. The first-order valence-electron chi connectivity index (χ1n) is 13.8. The predicted octanol–water partition coefficient (Wildman–Crippen LogP) is 2.70. The molecule has 40 heavy (non-hydrogen) atoms.